The van der Waals surface area contributed by atoms with E-state index in [1.54, 1.807) is 31.2 Å². The van der Waals surface area contributed by atoms with Crippen LogP contribution in [0.3, 0.4) is 0 Å². The Balaban J connectivity index is 1.45. The Morgan fingerprint density at radius 1 is 1.07 bits per heavy atom. The smallest absolute Gasteiger partial charge is 0.325 e. The maximum atomic E-state index is 13.0. The van der Waals surface area contributed by atoms with E-state index in [0.29, 0.717) is 17.1 Å². The van der Waals surface area contributed by atoms with Crippen molar-refractivity contribution in [2.75, 3.05) is 13.3 Å². The first-order valence-corrected chi connectivity index (χ1v) is 10.0. The number of benzene rings is 2. The highest BCUT2D eigenvalue weighted by Crippen LogP contribution is 2.34. The first-order chi connectivity index (χ1) is 14.4. The number of ketones is 1. The van der Waals surface area contributed by atoms with E-state index in [0.717, 1.165) is 28.9 Å². The van der Waals surface area contributed by atoms with E-state index in [4.69, 9.17) is 9.47 Å². The van der Waals surface area contributed by atoms with Crippen LogP contribution in [0.25, 0.3) is 0 Å². The van der Waals surface area contributed by atoms with Gasteiger partial charge in [0.15, 0.2) is 17.3 Å². The molecule has 1 atom stereocenters. The summed E-state index contributed by atoms with van der Waals surface area (Å²) in [5.41, 5.74) is 1.34. The number of rotatable bonds is 7. The molecule has 2 heterocycles. The number of amides is 3. The minimum Gasteiger partial charge on any atom is -0.454 e. The van der Waals surface area contributed by atoms with Gasteiger partial charge in [-0.2, -0.15) is 0 Å². The van der Waals surface area contributed by atoms with Crippen molar-refractivity contribution in [3.63, 3.8) is 0 Å². The minimum absolute atomic E-state index is 0.168. The molecule has 7 heteroatoms. The zero-order valence-corrected chi connectivity index (χ0v) is 17.1. The molecule has 0 saturated carbocycles. The molecule has 0 spiro atoms. The summed E-state index contributed by atoms with van der Waals surface area (Å²) in [5, 5.41) is 2.74. The molecular formula is C23H24N2O5. The van der Waals surface area contributed by atoms with E-state index in [-0.39, 0.29) is 25.5 Å². The summed E-state index contributed by atoms with van der Waals surface area (Å²) in [4.78, 5) is 39.1. The number of hydrogen-bond donors (Lipinski definition) is 1. The Morgan fingerprint density at radius 3 is 2.50 bits per heavy atom. The number of carbonyl (C=O) groups excluding carboxylic acids is 3. The molecule has 3 amide bonds. The van der Waals surface area contributed by atoms with E-state index >= 15 is 0 Å². The minimum atomic E-state index is -1.13. The van der Waals surface area contributed by atoms with E-state index in [1.165, 1.54) is 0 Å². The number of nitrogens with one attached hydrogen (secondary N) is 1. The van der Waals surface area contributed by atoms with Gasteiger partial charge in [-0.3, -0.25) is 14.5 Å². The van der Waals surface area contributed by atoms with E-state index < -0.39 is 17.5 Å². The van der Waals surface area contributed by atoms with Crippen molar-refractivity contribution in [2.45, 2.75) is 38.6 Å². The molecule has 0 bridgehead atoms. The van der Waals surface area contributed by atoms with Gasteiger partial charge in [0.2, 0.25) is 6.79 Å². The van der Waals surface area contributed by atoms with Crippen LogP contribution in [0.5, 0.6) is 11.5 Å². The van der Waals surface area contributed by atoms with Crippen LogP contribution >= 0.6 is 0 Å². The van der Waals surface area contributed by atoms with Gasteiger partial charge in [0.1, 0.15) is 5.54 Å². The first-order valence-electron chi connectivity index (χ1n) is 10.0. The predicted octanol–water partition coefficient (Wildman–Crippen LogP) is 3.10. The molecule has 4 rings (SSSR count). The SMILES string of the molecule is CCCc1ccc(C(=O)CN2C(=O)N[C@](C)(Cc3ccc4c(c3)OCO4)C2=O)cc1. The summed E-state index contributed by atoms with van der Waals surface area (Å²) < 4.78 is 10.7. The first kappa shape index (κ1) is 19.9. The quantitative estimate of drug-likeness (QED) is 0.562. The van der Waals surface area contributed by atoms with Crippen LogP contribution in [-0.4, -0.2) is 41.5 Å². The standard InChI is InChI=1S/C23H24N2O5/c1-3-4-15-5-8-17(9-6-15)18(26)13-25-21(27)23(2,24-22(25)28)12-16-7-10-19-20(11-16)30-14-29-19/h5-11H,3-4,12-14H2,1-2H3,(H,24,28)/t23-/m1/s1. The summed E-state index contributed by atoms with van der Waals surface area (Å²) in [7, 11) is 0. The third-order valence-corrected chi connectivity index (χ3v) is 5.46. The average Bonchev–Trinajstić information content (AvgIpc) is 3.26. The molecule has 7 nitrogen and oxygen atoms in total. The van der Waals surface area contributed by atoms with Gasteiger partial charge < -0.3 is 14.8 Å². The highest BCUT2D eigenvalue weighted by Gasteiger charge is 2.48. The average molecular weight is 408 g/mol. The van der Waals surface area contributed by atoms with E-state index in [9.17, 15) is 14.4 Å². The molecule has 156 valence electrons. The van der Waals surface area contributed by atoms with Crippen LogP contribution in [0.1, 0.15) is 41.8 Å². The Morgan fingerprint density at radius 2 is 1.77 bits per heavy atom. The lowest BCUT2D eigenvalue weighted by atomic mass is 9.92. The molecule has 1 saturated heterocycles. The molecule has 1 N–H and O–H groups in total. The van der Waals surface area contributed by atoms with Crippen molar-refractivity contribution < 1.29 is 23.9 Å². The molecule has 2 aromatic rings. The fourth-order valence-electron chi connectivity index (χ4n) is 3.85. The van der Waals surface area contributed by atoms with Crippen molar-refractivity contribution in [1.82, 2.24) is 10.2 Å². The van der Waals surface area contributed by atoms with Crippen molar-refractivity contribution in [1.29, 1.82) is 0 Å². The number of ether oxygens (including phenoxy) is 2. The molecular weight excluding hydrogens is 384 g/mol. The van der Waals surface area contributed by atoms with Crippen LogP contribution in [0.15, 0.2) is 42.5 Å². The molecule has 30 heavy (non-hydrogen) atoms. The van der Waals surface area contributed by atoms with Gasteiger partial charge in [0.25, 0.3) is 5.91 Å². The summed E-state index contributed by atoms with van der Waals surface area (Å²) in [6, 6.07) is 12.2. The van der Waals surface area contributed by atoms with Crippen LogP contribution in [0, 0.1) is 0 Å². The maximum absolute atomic E-state index is 13.0. The summed E-state index contributed by atoms with van der Waals surface area (Å²) >= 11 is 0. The number of nitrogens with zero attached hydrogens (tertiary/aromatic N) is 1. The zero-order valence-electron chi connectivity index (χ0n) is 17.1. The second-order valence-electron chi connectivity index (χ2n) is 7.89. The van der Waals surface area contributed by atoms with Gasteiger partial charge >= 0.3 is 6.03 Å². The Bertz CT molecular complexity index is 1000. The van der Waals surface area contributed by atoms with Gasteiger partial charge in [-0.05, 0) is 36.6 Å². The number of imide groups is 1. The topological polar surface area (TPSA) is 84.9 Å². The number of aryl methyl sites for hydroxylation is 1. The number of hydrogen-bond acceptors (Lipinski definition) is 5. The molecule has 0 aliphatic carbocycles. The van der Waals surface area contributed by atoms with Crippen molar-refractivity contribution in [3.05, 3.63) is 59.2 Å². The lowest BCUT2D eigenvalue weighted by Gasteiger charge is -2.21. The van der Waals surface area contributed by atoms with Gasteiger partial charge in [-0.15, -0.1) is 0 Å². The number of carbonyl (C=O) groups is 3. The third-order valence-electron chi connectivity index (χ3n) is 5.46. The highest BCUT2D eigenvalue weighted by atomic mass is 16.7. The van der Waals surface area contributed by atoms with Crippen molar-refractivity contribution in [3.8, 4) is 11.5 Å². The van der Waals surface area contributed by atoms with Crippen LogP contribution in [0.2, 0.25) is 0 Å². The highest BCUT2D eigenvalue weighted by molar-refractivity contribution is 6.11. The molecule has 0 radical (unpaired) electrons. The molecule has 1 fully saturated rings. The monoisotopic (exact) mass is 408 g/mol. The van der Waals surface area contributed by atoms with E-state index in [2.05, 4.69) is 12.2 Å². The fraction of sp³-hybridized carbons (Fsp3) is 0.348. The maximum Gasteiger partial charge on any atom is 0.325 e. The van der Waals surface area contributed by atoms with Crippen molar-refractivity contribution >= 4 is 17.7 Å². The van der Waals surface area contributed by atoms with Gasteiger partial charge in [0, 0.05) is 12.0 Å². The lowest BCUT2D eigenvalue weighted by molar-refractivity contribution is -0.130. The Hall–Kier alpha value is -3.35. The van der Waals surface area contributed by atoms with Crippen molar-refractivity contribution in [2.24, 2.45) is 0 Å². The normalized spacial score (nSPS) is 19.9. The molecule has 0 unspecified atom stereocenters. The Kier molecular flexibility index (Phi) is 5.20. The number of Topliss-reactive ketones (excluding diaryl/α,β-unsaturated/α-hetero) is 1. The molecule has 2 aromatic carbocycles. The summed E-state index contributed by atoms with van der Waals surface area (Å²) in [6.07, 6.45) is 2.25. The fourth-order valence-corrected chi connectivity index (χ4v) is 3.85. The third kappa shape index (κ3) is 3.75. The second-order valence-corrected chi connectivity index (χ2v) is 7.89. The lowest BCUT2D eigenvalue weighted by Crippen LogP contribution is -2.46. The van der Waals surface area contributed by atoms with Crippen LogP contribution < -0.4 is 14.8 Å². The predicted molar refractivity (Wildman–Crippen MR) is 110 cm³/mol. The summed E-state index contributed by atoms with van der Waals surface area (Å²) in [6.45, 7) is 3.65. The van der Waals surface area contributed by atoms with Crippen LogP contribution in [0.4, 0.5) is 4.79 Å². The summed E-state index contributed by atoms with van der Waals surface area (Å²) in [5.74, 6) is 0.587. The second kappa shape index (κ2) is 7.82. The van der Waals surface area contributed by atoms with Gasteiger partial charge in [-0.1, -0.05) is 43.7 Å². The molecule has 2 aliphatic heterocycles. The van der Waals surface area contributed by atoms with Gasteiger partial charge in [0.05, 0.1) is 6.54 Å². The molecule has 2 aliphatic rings. The van der Waals surface area contributed by atoms with Crippen LogP contribution in [-0.2, 0) is 17.6 Å². The Labute approximate surface area is 175 Å². The number of urea groups is 1. The zero-order chi connectivity index (χ0) is 21.3. The number of fused-ring (bicyclic) bond motifs is 1. The largest absolute Gasteiger partial charge is 0.454 e. The molecule has 0 aromatic heterocycles. The van der Waals surface area contributed by atoms with E-state index in [1.807, 2.05) is 18.2 Å². The van der Waals surface area contributed by atoms with Gasteiger partial charge in [-0.25, -0.2) is 4.79 Å².